The highest BCUT2D eigenvalue weighted by Crippen LogP contribution is 2.51. The molecule has 1 unspecified atom stereocenters. The molecule has 0 aromatic heterocycles. The SMILES string of the molecule is CN1C[C@H]2CC[C@@H](C1)C2(O)c1ccc(-c2cc(C(=O)O)cc3cc(-c4ccc(C(F)(F)F)cc4)ccc23)cc1. The molecule has 1 saturated heterocycles. The third-order valence-corrected chi connectivity index (χ3v) is 8.58. The highest BCUT2D eigenvalue weighted by molar-refractivity contribution is 6.04. The number of carboxylic acids is 1. The molecule has 2 bridgehead atoms. The van der Waals surface area contributed by atoms with Gasteiger partial charge in [0.2, 0.25) is 0 Å². The normalized spacial score (nSPS) is 23.3. The van der Waals surface area contributed by atoms with Gasteiger partial charge in [0.05, 0.1) is 16.7 Å². The first-order valence-corrected chi connectivity index (χ1v) is 13.0. The van der Waals surface area contributed by atoms with E-state index in [0.29, 0.717) is 16.5 Å². The molecule has 3 atom stereocenters. The third-order valence-electron chi connectivity index (χ3n) is 8.58. The van der Waals surface area contributed by atoms with Gasteiger partial charge in [-0.05, 0) is 88.8 Å². The fraction of sp³-hybridized carbons (Fsp3) is 0.281. The average molecular weight is 532 g/mol. The number of rotatable bonds is 4. The van der Waals surface area contributed by atoms with Gasteiger partial charge in [0.25, 0.3) is 0 Å². The Bertz CT molecular complexity index is 1550. The number of halogens is 3. The molecule has 6 rings (SSSR count). The van der Waals surface area contributed by atoms with Gasteiger partial charge in [0, 0.05) is 24.9 Å². The standard InChI is InChI=1S/C32H28F3NO3/c1-36-17-26-11-12-27(18-36)31(26,39)24-7-4-20(5-8-24)29-16-23(30(37)38)15-22-14-21(6-13-28(22)29)19-2-9-25(10-3-19)32(33,34)35/h2-10,13-16,26-27,39H,11-12,17-18H2,1H3,(H,37,38)/t26-,27+,31?. The molecule has 1 aliphatic heterocycles. The second-order valence-electron chi connectivity index (χ2n) is 10.9. The monoisotopic (exact) mass is 531 g/mol. The van der Waals surface area contributed by atoms with Gasteiger partial charge in [-0.15, -0.1) is 0 Å². The van der Waals surface area contributed by atoms with Crippen molar-refractivity contribution < 1.29 is 28.2 Å². The van der Waals surface area contributed by atoms with Gasteiger partial charge in [0.1, 0.15) is 0 Å². The zero-order chi connectivity index (χ0) is 27.5. The highest BCUT2D eigenvalue weighted by atomic mass is 19.4. The molecular weight excluding hydrogens is 503 g/mol. The van der Waals surface area contributed by atoms with E-state index < -0.39 is 23.3 Å². The Labute approximate surface area is 224 Å². The lowest BCUT2D eigenvalue weighted by Gasteiger charge is -2.43. The van der Waals surface area contributed by atoms with Crippen LogP contribution in [0.5, 0.6) is 0 Å². The minimum Gasteiger partial charge on any atom is -0.478 e. The summed E-state index contributed by atoms with van der Waals surface area (Å²) in [5, 5.41) is 23.1. The van der Waals surface area contributed by atoms with Crippen LogP contribution in [0.15, 0.2) is 78.9 Å². The Morgan fingerprint density at radius 3 is 2.03 bits per heavy atom. The van der Waals surface area contributed by atoms with Crippen LogP contribution in [0.4, 0.5) is 13.2 Å². The molecule has 1 aliphatic carbocycles. The van der Waals surface area contributed by atoms with Gasteiger partial charge in [-0.25, -0.2) is 4.79 Å². The number of fused-ring (bicyclic) bond motifs is 3. The van der Waals surface area contributed by atoms with Gasteiger partial charge >= 0.3 is 12.1 Å². The van der Waals surface area contributed by atoms with Crippen LogP contribution in [-0.4, -0.2) is 41.2 Å². The van der Waals surface area contributed by atoms with Crippen molar-refractivity contribution in [3.63, 3.8) is 0 Å². The number of hydrogen-bond acceptors (Lipinski definition) is 3. The number of benzene rings is 4. The molecule has 4 aromatic rings. The van der Waals surface area contributed by atoms with Crippen LogP contribution in [0.2, 0.25) is 0 Å². The maximum Gasteiger partial charge on any atom is 0.416 e. The van der Waals surface area contributed by atoms with Crippen molar-refractivity contribution >= 4 is 16.7 Å². The molecule has 200 valence electrons. The highest BCUT2D eigenvalue weighted by Gasteiger charge is 2.53. The molecule has 7 heteroatoms. The van der Waals surface area contributed by atoms with Gasteiger partial charge < -0.3 is 15.1 Å². The van der Waals surface area contributed by atoms with Crippen LogP contribution >= 0.6 is 0 Å². The smallest absolute Gasteiger partial charge is 0.416 e. The van der Waals surface area contributed by atoms with E-state index in [2.05, 4.69) is 11.9 Å². The van der Waals surface area contributed by atoms with Crippen molar-refractivity contribution in [2.75, 3.05) is 20.1 Å². The second-order valence-corrected chi connectivity index (χ2v) is 10.9. The topological polar surface area (TPSA) is 60.8 Å². The van der Waals surface area contributed by atoms with Crippen molar-refractivity contribution in [2.45, 2.75) is 24.6 Å². The summed E-state index contributed by atoms with van der Waals surface area (Å²) in [6.45, 7) is 1.72. The molecule has 0 radical (unpaired) electrons. The maximum absolute atomic E-state index is 13.0. The molecule has 2 fully saturated rings. The van der Waals surface area contributed by atoms with E-state index in [0.717, 1.165) is 60.1 Å². The summed E-state index contributed by atoms with van der Waals surface area (Å²) in [5.41, 5.74) is 2.33. The molecule has 4 nitrogen and oxygen atoms in total. The minimum atomic E-state index is -4.41. The molecule has 1 saturated carbocycles. The first-order chi connectivity index (χ1) is 18.5. The lowest BCUT2D eigenvalue weighted by molar-refractivity contribution is -0.137. The second kappa shape index (κ2) is 9.21. The minimum absolute atomic E-state index is 0.123. The maximum atomic E-state index is 13.0. The molecule has 0 amide bonds. The van der Waals surface area contributed by atoms with Crippen molar-refractivity contribution in [1.82, 2.24) is 4.90 Å². The Morgan fingerprint density at radius 1 is 0.846 bits per heavy atom. The number of nitrogens with zero attached hydrogens (tertiary/aromatic N) is 1. The summed E-state index contributed by atoms with van der Waals surface area (Å²) in [6.07, 6.45) is -2.41. The zero-order valence-corrected chi connectivity index (χ0v) is 21.4. The van der Waals surface area contributed by atoms with Gasteiger partial charge in [0.15, 0.2) is 0 Å². The van der Waals surface area contributed by atoms with Crippen LogP contribution < -0.4 is 0 Å². The summed E-state index contributed by atoms with van der Waals surface area (Å²) < 4.78 is 39.0. The Hall–Kier alpha value is -3.68. The Balaban J connectivity index is 1.39. The summed E-state index contributed by atoms with van der Waals surface area (Å²) in [4.78, 5) is 14.3. The summed E-state index contributed by atoms with van der Waals surface area (Å²) in [5.74, 6) is -0.689. The number of piperidine rings is 1. The number of carbonyl (C=O) groups is 1. The van der Waals surface area contributed by atoms with Crippen molar-refractivity contribution in [3.05, 3.63) is 95.6 Å². The summed E-state index contributed by atoms with van der Waals surface area (Å²) in [6, 6.07) is 21.5. The first-order valence-electron chi connectivity index (χ1n) is 13.0. The van der Waals surface area contributed by atoms with E-state index in [1.54, 1.807) is 18.2 Å². The molecule has 2 N–H and O–H groups in total. The van der Waals surface area contributed by atoms with Crippen molar-refractivity contribution in [3.8, 4) is 22.3 Å². The average Bonchev–Trinajstić information content (AvgIpc) is 3.08. The third kappa shape index (κ3) is 4.39. The number of aliphatic hydroxyl groups is 1. The summed E-state index contributed by atoms with van der Waals surface area (Å²) >= 11 is 0. The molecule has 2 aliphatic rings. The fourth-order valence-electron chi connectivity index (χ4n) is 6.62. The van der Waals surface area contributed by atoms with Gasteiger partial charge in [-0.2, -0.15) is 13.2 Å². The lowest BCUT2D eigenvalue weighted by atomic mass is 9.75. The molecule has 39 heavy (non-hydrogen) atoms. The van der Waals surface area contributed by atoms with E-state index in [1.165, 1.54) is 12.1 Å². The van der Waals surface area contributed by atoms with E-state index in [-0.39, 0.29) is 17.4 Å². The summed E-state index contributed by atoms with van der Waals surface area (Å²) in [7, 11) is 2.09. The fourth-order valence-corrected chi connectivity index (χ4v) is 6.62. The molecular formula is C32H28F3NO3. The first kappa shape index (κ1) is 25.6. The Morgan fingerprint density at radius 2 is 1.44 bits per heavy atom. The molecule has 0 spiro atoms. The number of hydrogen-bond donors (Lipinski definition) is 2. The van der Waals surface area contributed by atoms with Crippen LogP contribution in [0.1, 0.15) is 34.3 Å². The largest absolute Gasteiger partial charge is 0.478 e. The van der Waals surface area contributed by atoms with Crippen LogP contribution in [0.3, 0.4) is 0 Å². The number of aromatic carboxylic acids is 1. The van der Waals surface area contributed by atoms with Crippen LogP contribution in [0.25, 0.3) is 33.0 Å². The van der Waals surface area contributed by atoms with E-state index in [9.17, 15) is 28.2 Å². The van der Waals surface area contributed by atoms with Crippen LogP contribution in [-0.2, 0) is 11.8 Å². The lowest BCUT2D eigenvalue weighted by Crippen LogP contribution is -2.50. The quantitative estimate of drug-likeness (QED) is 0.296. The van der Waals surface area contributed by atoms with E-state index in [1.807, 2.05) is 36.4 Å². The van der Waals surface area contributed by atoms with Gasteiger partial charge in [-0.3, -0.25) is 0 Å². The number of likely N-dealkylation sites (tertiary alicyclic amines) is 1. The molecule has 4 aromatic carbocycles. The van der Waals surface area contributed by atoms with Crippen molar-refractivity contribution in [2.24, 2.45) is 11.8 Å². The zero-order valence-electron chi connectivity index (χ0n) is 21.4. The van der Waals surface area contributed by atoms with Gasteiger partial charge in [-0.1, -0.05) is 48.5 Å². The number of alkyl halides is 3. The van der Waals surface area contributed by atoms with Crippen molar-refractivity contribution in [1.29, 1.82) is 0 Å². The van der Waals surface area contributed by atoms with E-state index in [4.69, 9.17) is 0 Å². The predicted molar refractivity (Wildman–Crippen MR) is 144 cm³/mol. The van der Waals surface area contributed by atoms with Crippen LogP contribution in [0, 0.1) is 11.8 Å². The predicted octanol–water partition coefficient (Wildman–Crippen LogP) is 7.05. The van der Waals surface area contributed by atoms with E-state index >= 15 is 0 Å². The molecule has 1 heterocycles. The Kier molecular flexibility index (Phi) is 6.04. The number of carboxylic acid groups (broad SMARTS) is 1.